The van der Waals surface area contributed by atoms with Gasteiger partial charge in [-0.3, -0.25) is 9.59 Å². The molecule has 0 heterocycles. The van der Waals surface area contributed by atoms with Crippen molar-refractivity contribution in [1.82, 2.24) is 5.32 Å². The molecule has 6 nitrogen and oxygen atoms in total. The number of hydrogen-bond acceptors (Lipinski definition) is 4. The van der Waals surface area contributed by atoms with Gasteiger partial charge in [0.25, 0.3) is 0 Å². The summed E-state index contributed by atoms with van der Waals surface area (Å²) >= 11 is 0. The zero-order valence-corrected chi connectivity index (χ0v) is 13.0. The predicted octanol–water partition coefficient (Wildman–Crippen LogP) is 2.11. The molecule has 1 aromatic rings. The number of unbranched alkanes of at least 4 members (excludes halogenated alkanes) is 1. The highest BCUT2D eigenvalue weighted by Crippen LogP contribution is 2.11. The Morgan fingerprint density at radius 2 is 1.73 bits per heavy atom. The third-order valence-electron chi connectivity index (χ3n) is 2.85. The van der Waals surface area contributed by atoms with Gasteiger partial charge in [-0.2, -0.15) is 0 Å². The van der Waals surface area contributed by atoms with Gasteiger partial charge in [-0.15, -0.1) is 0 Å². The second kappa shape index (κ2) is 9.55. The number of carbonyl (C=O) groups excluding carboxylic acids is 3. The van der Waals surface area contributed by atoms with E-state index in [-0.39, 0.29) is 12.3 Å². The first kappa shape index (κ1) is 17.7. The summed E-state index contributed by atoms with van der Waals surface area (Å²) in [4.78, 5) is 34.7. The maximum absolute atomic E-state index is 11.7. The van der Waals surface area contributed by atoms with Crippen LogP contribution in [0.5, 0.6) is 0 Å². The SMILES string of the molecule is CCCCNC(=O)CC(=O)Nc1ccc(C(=O)OCC)cc1. The monoisotopic (exact) mass is 306 g/mol. The Morgan fingerprint density at radius 3 is 2.32 bits per heavy atom. The summed E-state index contributed by atoms with van der Waals surface area (Å²) in [7, 11) is 0. The molecule has 2 N–H and O–H groups in total. The molecule has 0 saturated heterocycles. The summed E-state index contributed by atoms with van der Waals surface area (Å²) < 4.78 is 4.87. The zero-order valence-electron chi connectivity index (χ0n) is 13.0. The molecular formula is C16H22N2O4. The Morgan fingerprint density at radius 1 is 1.05 bits per heavy atom. The van der Waals surface area contributed by atoms with Crippen molar-refractivity contribution < 1.29 is 19.1 Å². The van der Waals surface area contributed by atoms with Crippen LogP contribution in [0, 0.1) is 0 Å². The van der Waals surface area contributed by atoms with Crippen LogP contribution in [-0.2, 0) is 14.3 Å². The van der Waals surface area contributed by atoms with Crippen LogP contribution < -0.4 is 10.6 Å². The van der Waals surface area contributed by atoms with Gasteiger partial charge in [0.05, 0.1) is 12.2 Å². The molecule has 0 spiro atoms. The largest absolute Gasteiger partial charge is 0.462 e. The molecule has 1 rings (SSSR count). The highest BCUT2D eigenvalue weighted by molar-refractivity contribution is 6.03. The summed E-state index contributed by atoms with van der Waals surface area (Å²) in [6.45, 7) is 4.65. The normalized spacial score (nSPS) is 9.91. The quantitative estimate of drug-likeness (QED) is 0.437. The van der Waals surface area contributed by atoms with Gasteiger partial charge < -0.3 is 15.4 Å². The summed E-state index contributed by atoms with van der Waals surface area (Å²) in [6, 6.07) is 6.32. The number of nitrogens with one attached hydrogen (secondary N) is 2. The summed E-state index contributed by atoms with van der Waals surface area (Å²) in [6.07, 6.45) is 1.66. The number of benzene rings is 1. The average molecular weight is 306 g/mol. The van der Waals surface area contributed by atoms with Crippen LogP contribution in [0.3, 0.4) is 0 Å². The Balaban J connectivity index is 2.44. The topological polar surface area (TPSA) is 84.5 Å². The molecule has 0 aliphatic rings. The van der Waals surface area contributed by atoms with Crippen molar-refractivity contribution in [2.24, 2.45) is 0 Å². The number of hydrogen-bond donors (Lipinski definition) is 2. The lowest BCUT2D eigenvalue weighted by atomic mass is 10.2. The molecule has 0 bridgehead atoms. The van der Waals surface area contributed by atoms with E-state index in [1.54, 1.807) is 31.2 Å². The van der Waals surface area contributed by atoms with E-state index in [4.69, 9.17) is 4.74 Å². The fourth-order valence-corrected chi connectivity index (χ4v) is 1.72. The molecule has 2 amide bonds. The van der Waals surface area contributed by atoms with Gasteiger partial charge >= 0.3 is 5.97 Å². The minimum Gasteiger partial charge on any atom is -0.462 e. The molecule has 1 aromatic carbocycles. The van der Waals surface area contributed by atoms with Gasteiger partial charge in [-0.1, -0.05) is 13.3 Å². The number of amides is 2. The van der Waals surface area contributed by atoms with Crippen molar-refractivity contribution in [2.75, 3.05) is 18.5 Å². The summed E-state index contributed by atoms with van der Waals surface area (Å²) in [5, 5.41) is 5.29. The van der Waals surface area contributed by atoms with E-state index in [1.807, 2.05) is 6.92 Å². The van der Waals surface area contributed by atoms with Crippen molar-refractivity contribution in [3.63, 3.8) is 0 Å². The van der Waals surface area contributed by atoms with Crippen LogP contribution in [0.15, 0.2) is 24.3 Å². The van der Waals surface area contributed by atoms with Crippen LogP contribution in [-0.4, -0.2) is 30.9 Å². The van der Waals surface area contributed by atoms with Gasteiger partial charge in [-0.25, -0.2) is 4.79 Å². The number of ether oxygens (including phenoxy) is 1. The van der Waals surface area contributed by atoms with Gasteiger partial charge in [-0.05, 0) is 37.6 Å². The fraction of sp³-hybridized carbons (Fsp3) is 0.438. The molecule has 0 unspecified atom stereocenters. The van der Waals surface area contributed by atoms with E-state index >= 15 is 0 Å². The van der Waals surface area contributed by atoms with Crippen molar-refractivity contribution in [3.8, 4) is 0 Å². The maximum Gasteiger partial charge on any atom is 0.338 e. The van der Waals surface area contributed by atoms with Crippen molar-refractivity contribution in [2.45, 2.75) is 33.1 Å². The summed E-state index contributed by atoms with van der Waals surface area (Å²) in [5.74, 6) is -1.09. The number of rotatable bonds is 8. The van der Waals surface area contributed by atoms with E-state index in [1.165, 1.54) is 0 Å². The van der Waals surface area contributed by atoms with Crippen LogP contribution in [0.2, 0.25) is 0 Å². The van der Waals surface area contributed by atoms with Crippen molar-refractivity contribution in [1.29, 1.82) is 0 Å². The minimum atomic E-state index is -0.407. The van der Waals surface area contributed by atoms with E-state index in [2.05, 4.69) is 10.6 Å². The molecule has 0 aromatic heterocycles. The molecule has 0 aliphatic carbocycles. The fourth-order valence-electron chi connectivity index (χ4n) is 1.72. The van der Waals surface area contributed by atoms with E-state index in [9.17, 15) is 14.4 Å². The van der Waals surface area contributed by atoms with Crippen molar-refractivity contribution in [3.05, 3.63) is 29.8 Å². The molecule has 0 atom stereocenters. The lowest BCUT2D eigenvalue weighted by Gasteiger charge is -2.07. The predicted molar refractivity (Wildman–Crippen MR) is 83.6 cm³/mol. The Hall–Kier alpha value is -2.37. The van der Waals surface area contributed by atoms with E-state index in [0.717, 1.165) is 12.8 Å². The second-order valence-electron chi connectivity index (χ2n) is 4.73. The maximum atomic E-state index is 11.7. The third kappa shape index (κ3) is 6.39. The smallest absolute Gasteiger partial charge is 0.338 e. The first-order valence-corrected chi connectivity index (χ1v) is 7.40. The molecule has 0 saturated carbocycles. The van der Waals surface area contributed by atoms with Crippen LogP contribution in [0.1, 0.15) is 43.5 Å². The molecule has 0 radical (unpaired) electrons. The average Bonchev–Trinajstić information content (AvgIpc) is 2.48. The number of esters is 1. The number of carbonyl (C=O) groups is 3. The molecular weight excluding hydrogens is 284 g/mol. The van der Waals surface area contributed by atoms with Crippen LogP contribution >= 0.6 is 0 Å². The molecule has 0 aliphatic heterocycles. The highest BCUT2D eigenvalue weighted by atomic mass is 16.5. The van der Waals surface area contributed by atoms with Gasteiger partial charge in [0.1, 0.15) is 6.42 Å². The first-order chi connectivity index (χ1) is 10.6. The lowest BCUT2D eigenvalue weighted by Crippen LogP contribution is -2.28. The van der Waals surface area contributed by atoms with Crippen LogP contribution in [0.25, 0.3) is 0 Å². The third-order valence-corrected chi connectivity index (χ3v) is 2.85. The minimum absolute atomic E-state index is 0.219. The van der Waals surface area contributed by atoms with Crippen LogP contribution in [0.4, 0.5) is 5.69 Å². The second-order valence-corrected chi connectivity index (χ2v) is 4.73. The van der Waals surface area contributed by atoms with Gasteiger partial charge in [0, 0.05) is 12.2 Å². The molecule has 22 heavy (non-hydrogen) atoms. The molecule has 0 fully saturated rings. The Labute approximate surface area is 130 Å². The van der Waals surface area contributed by atoms with E-state index < -0.39 is 11.9 Å². The van der Waals surface area contributed by atoms with Crippen molar-refractivity contribution >= 4 is 23.5 Å². The number of anilines is 1. The Kier molecular flexibility index (Phi) is 7.67. The highest BCUT2D eigenvalue weighted by Gasteiger charge is 2.10. The summed E-state index contributed by atoms with van der Waals surface area (Å²) in [5.41, 5.74) is 0.941. The first-order valence-electron chi connectivity index (χ1n) is 7.40. The Bertz CT molecular complexity index is 511. The zero-order chi connectivity index (χ0) is 16.4. The standard InChI is InChI=1S/C16H22N2O4/c1-3-5-10-17-14(19)11-15(20)18-13-8-6-12(7-9-13)16(21)22-4-2/h6-9H,3-5,10-11H2,1-2H3,(H,17,19)(H,18,20). The van der Waals surface area contributed by atoms with E-state index in [0.29, 0.717) is 24.4 Å². The van der Waals surface area contributed by atoms with Gasteiger partial charge in [0.15, 0.2) is 0 Å². The van der Waals surface area contributed by atoms with Gasteiger partial charge in [0.2, 0.25) is 11.8 Å². The lowest BCUT2D eigenvalue weighted by molar-refractivity contribution is -0.126. The molecule has 120 valence electrons. The molecule has 6 heteroatoms.